The molecule has 1 heterocycles. The zero-order chi connectivity index (χ0) is 21.7. The second-order valence-electron chi connectivity index (χ2n) is 7.57. The maximum Gasteiger partial charge on any atom is 0.412 e. The van der Waals surface area contributed by atoms with Crippen molar-refractivity contribution in [2.24, 2.45) is 0 Å². The van der Waals surface area contributed by atoms with Crippen molar-refractivity contribution in [1.82, 2.24) is 10.2 Å². The molecular formula is C22H23N3O5. The molecule has 0 aliphatic carbocycles. The van der Waals surface area contributed by atoms with Crippen molar-refractivity contribution in [2.45, 2.75) is 39.4 Å². The lowest BCUT2D eigenvalue weighted by Crippen LogP contribution is -2.27. The van der Waals surface area contributed by atoms with Crippen molar-refractivity contribution < 1.29 is 23.5 Å². The third-order valence-corrected chi connectivity index (χ3v) is 3.84. The highest BCUT2D eigenvalue weighted by Gasteiger charge is 2.21. The van der Waals surface area contributed by atoms with Gasteiger partial charge < -0.3 is 13.9 Å². The summed E-state index contributed by atoms with van der Waals surface area (Å²) in [7, 11) is 0. The van der Waals surface area contributed by atoms with Gasteiger partial charge in [-0.15, -0.1) is 10.2 Å². The molecule has 0 aliphatic heterocycles. The van der Waals surface area contributed by atoms with Gasteiger partial charge in [-0.3, -0.25) is 5.32 Å². The summed E-state index contributed by atoms with van der Waals surface area (Å²) in [4.78, 5) is 24.4. The Morgan fingerprint density at radius 3 is 2.47 bits per heavy atom. The minimum atomic E-state index is -0.745. The van der Waals surface area contributed by atoms with E-state index in [0.717, 1.165) is 5.56 Å². The van der Waals surface area contributed by atoms with Gasteiger partial charge in [-0.2, -0.15) is 0 Å². The van der Waals surface area contributed by atoms with Crippen LogP contribution >= 0.6 is 0 Å². The Hall–Kier alpha value is -3.68. The molecule has 0 spiro atoms. The first-order valence-electron chi connectivity index (χ1n) is 9.41. The van der Waals surface area contributed by atoms with Gasteiger partial charge in [0.15, 0.2) is 6.10 Å². The third-order valence-electron chi connectivity index (χ3n) is 3.84. The predicted molar refractivity (Wildman–Crippen MR) is 110 cm³/mol. The Bertz CT molecular complexity index is 1020. The first kappa shape index (κ1) is 21.0. The average molecular weight is 409 g/mol. The molecule has 3 aromatic rings. The van der Waals surface area contributed by atoms with Gasteiger partial charge >= 0.3 is 12.1 Å². The first-order valence-corrected chi connectivity index (χ1v) is 9.41. The summed E-state index contributed by atoms with van der Waals surface area (Å²) in [6, 6.07) is 15.7. The fourth-order valence-corrected chi connectivity index (χ4v) is 2.52. The van der Waals surface area contributed by atoms with E-state index < -0.39 is 23.8 Å². The Morgan fingerprint density at radius 2 is 1.77 bits per heavy atom. The van der Waals surface area contributed by atoms with E-state index in [1.54, 1.807) is 45.9 Å². The van der Waals surface area contributed by atoms with Crippen LogP contribution in [-0.4, -0.2) is 27.9 Å². The van der Waals surface area contributed by atoms with Gasteiger partial charge in [0, 0.05) is 11.3 Å². The summed E-state index contributed by atoms with van der Waals surface area (Å²) in [5, 5.41) is 10.5. The average Bonchev–Trinajstić information content (AvgIpc) is 3.18. The molecule has 0 aliphatic rings. The number of hydrogen-bond donors (Lipinski definition) is 1. The molecule has 8 nitrogen and oxygen atoms in total. The molecule has 8 heteroatoms. The molecule has 0 saturated heterocycles. The van der Waals surface area contributed by atoms with E-state index >= 15 is 0 Å². The molecule has 0 saturated carbocycles. The zero-order valence-electron chi connectivity index (χ0n) is 17.2. The number of amides is 1. The molecule has 1 N–H and O–H groups in total. The SMILES string of the molecule is C[C@H](OC(=O)c1cccc(NC(=O)OC(C)(C)C)c1)c1nnc(-c2ccccc2)o1. The van der Waals surface area contributed by atoms with Crippen LogP contribution in [0.5, 0.6) is 0 Å². The summed E-state index contributed by atoms with van der Waals surface area (Å²) < 4.78 is 16.3. The Labute approximate surface area is 174 Å². The maximum atomic E-state index is 12.5. The summed E-state index contributed by atoms with van der Waals surface area (Å²) in [5.74, 6) is -0.0582. The molecule has 30 heavy (non-hydrogen) atoms. The summed E-state index contributed by atoms with van der Waals surface area (Å²) >= 11 is 0. The molecule has 3 rings (SSSR count). The molecule has 2 aromatic carbocycles. The number of rotatable bonds is 5. The van der Waals surface area contributed by atoms with E-state index in [4.69, 9.17) is 13.9 Å². The number of nitrogens with zero attached hydrogens (tertiary/aromatic N) is 2. The van der Waals surface area contributed by atoms with Crippen LogP contribution in [0.25, 0.3) is 11.5 Å². The number of carbonyl (C=O) groups excluding carboxylic acids is 2. The summed E-state index contributed by atoms with van der Waals surface area (Å²) in [6.07, 6.45) is -1.36. The second kappa shape index (κ2) is 8.77. The number of esters is 1. The number of benzene rings is 2. The van der Waals surface area contributed by atoms with Crippen LogP contribution in [-0.2, 0) is 9.47 Å². The van der Waals surface area contributed by atoms with Crippen LogP contribution in [0.15, 0.2) is 59.0 Å². The van der Waals surface area contributed by atoms with Gasteiger partial charge in [-0.25, -0.2) is 9.59 Å². The van der Waals surface area contributed by atoms with Crippen molar-refractivity contribution in [2.75, 3.05) is 5.32 Å². The van der Waals surface area contributed by atoms with Gasteiger partial charge in [0.1, 0.15) is 5.60 Å². The molecular weight excluding hydrogens is 386 g/mol. The number of carbonyl (C=O) groups is 2. The highest BCUT2D eigenvalue weighted by atomic mass is 16.6. The van der Waals surface area contributed by atoms with E-state index in [1.165, 1.54) is 6.07 Å². The Balaban J connectivity index is 1.64. The van der Waals surface area contributed by atoms with E-state index in [-0.39, 0.29) is 11.5 Å². The fraction of sp³-hybridized carbons (Fsp3) is 0.273. The number of hydrogen-bond acceptors (Lipinski definition) is 7. The monoisotopic (exact) mass is 409 g/mol. The number of ether oxygens (including phenoxy) is 2. The lowest BCUT2D eigenvalue weighted by molar-refractivity contribution is 0.0279. The number of nitrogens with one attached hydrogen (secondary N) is 1. The molecule has 1 aromatic heterocycles. The van der Waals surface area contributed by atoms with Crippen LogP contribution in [0.1, 0.15) is 50.0 Å². The van der Waals surface area contributed by atoms with Gasteiger partial charge in [0.2, 0.25) is 5.89 Å². The molecule has 156 valence electrons. The number of aromatic nitrogens is 2. The molecule has 1 amide bonds. The highest BCUT2D eigenvalue weighted by molar-refractivity contribution is 5.92. The fourth-order valence-electron chi connectivity index (χ4n) is 2.52. The number of anilines is 1. The summed E-state index contributed by atoms with van der Waals surface area (Å²) in [6.45, 7) is 6.94. The van der Waals surface area contributed by atoms with E-state index in [0.29, 0.717) is 11.6 Å². The van der Waals surface area contributed by atoms with Crippen molar-refractivity contribution in [3.05, 3.63) is 66.1 Å². The minimum absolute atomic E-state index is 0.185. The Morgan fingerprint density at radius 1 is 1.03 bits per heavy atom. The van der Waals surface area contributed by atoms with E-state index in [2.05, 4.69) is 15.5 Å². The van der Waals surface area contributed by atoms with Crippen LogP contribution in [0.3, 0.4) is 0 Å². The van der Waals surface area contributed by atoms with Gasteiger partial charge in [0.25, 0.3) is 5.89 Å². The van der Waals surface area contributed by atoms with Crippen LogP contribution in [0, 0.1) is 0 Å². The molecule has 0 fully saturated rings. The van der Waals surface area contributed by atoms with Crippen molar-refractivity contribution in [1.29, 1.82) is 0 Å². The predicted octanol–water partition coefficient (Wildman–Crippen LogP) is 5.00. The van der Waals surface area contributed by atoms with E-state index in [9.17, 15) is 9.59 Å². The topological polar surface area (TPSA) is 104 Å². The molecule has 0 bridgehead atoms. The lowest BCUT2D eigenvalue weighted by Gasteiger charge is -2.19. The molecule has 0 radical (unpaired) electrons. The normalized spacial score (nSPS) is 12.1. The third kappa shape index (κ3) is 5.66. The quantitative estimate of drug-likeness (QED) is 0.591. The maximum absolute atomic E-state index is 12.5. The highest BCUT2D eigenvalue weighted by Crippen LogP contribution is 2.23. The van der Waals surface area contributed by atoms with E-state index in [1.807, 2.05) is 30.3 Å². The standard InChI is InChI=1S/C22H23N3O5/c1-14(18-24-25-19(29-18)15-9-6-5-7-10-15)28-20(26)16-11-8-12-17(13-16)23-21(27)30-22(2,3)4/h5-14H,1-4H3,(H,23,27)/t14-/m0/s1. The van der Waals surface area contributed by atoms with Gasteiger partial charge in [-0.05, 0) is 58.0 Å². The largest absolute Gasteiger partial charge is 0.449 e. The lowest BCUT2D eigenvalue weighted by atomic mass is 10.2. The molecule has 0 unspecified atom stereocenters. The van der Waals surface area contributed by atoms with Crippen LogP contribution in [0.2, 0.25) is 0 Å². The van der Waals surface area contributed by atoms with Gasteiger partial charge in [0.05, 0.1) is 5.56 Å². The second-order valence-corrected chi connectivity index (χ2v) is 7.57. The van der Waals surface area contributed by atoms with Crippen molar-refractivity contribution >= 4 is 17.7 Å². The van der Waals surface area contributed by atoms with Crippen LogP contribution < -0.4 is 5.32 Å². The smallest absolute Gasteiger partial charge is 0.412 e. The molecule has 1 atom stereocenters. The first-order chi connectivity index (χ1) is 14.2. The minimum Gasteiger partial charge on any atom is -0.449 e. The van der Waals surface area contributed by atoms with Crippen LogP contribution in [0.4, 0.5) is 10.5 Å². The van der Waals surface area contributed by atoms with Crippen molar-refractivity contribution in [3.63, 3.8) is 0 Å². The van der Waals surface area contributed by atoms with Crippen molar-refractivity contribution in [3.8, 4) is 11.5 Å². The van der Waals surface area contributed by atoms with Gasteiger partial charge in [-0.1, -0.05) is 24.3 Å². The summed E-state index contributed by atoms with van der Waals surface area (Å²) in [5.41, 5.74) is 0.822. The zero-order valence-corrected chi connectivity index (χ0v) is 17.2. The Kier molecular flexibility index (Phi) is 6.15.